The van der Waals surface area contributed by atoms with Crippen LogP contribution in [0.25, 0.3) is 0 Å². The Morgan fingerprint density at radius 1 is 1.39 bits per heavy atom. The number of carboxylic acid groups (broad SMARTS) is 1. The molecular weight excluding hydrogens is 342 g/mol. The number of rotatable bonds is 7. The first-order chi connectivity index (χ1) is 11.0. The molecule has 1 aliphatic rings. The van der Waals surface area contributed by atoms with Gasteiger partial charge in [-0.1, -0.05) is 0 Å². The summed E-state index contributed by atoms with van der Waals surface area (Å²) < 4.78 is 37.2. The van der Waals surface area contributed by atoms with E-state index in [1.807, 2.05) is 0 Å². The Morgan fingerprint density at radius 2 is 2.09 bits per heavy atom. The van der Waals surface area contributed by atoms with Gasteiger partial charge < -0.3 is 14.6 Å². The van der Waals surface area contributed by atoms with Gasteiger partial charge in [0.05, 0.1) is 30.3 Å². The minimum absolute atomic E-state index is 0.0282. The van der Waals surface area contributed by atoms with E-state index in [4.69, 9.17) is 14.6 Å². The zero-order valence-electron chi connectivity index (χ0n) is 12.7. The van der Waals surface area contributed by atoms with E-state index in [-0.39, 0.29) is 23.5 Å². The summed E-state index contributed by atoms with van der Waals surface area (Å²) in [4.78, 5) is 11.7. The number of nitrogens with zero attached hydrogens (tertiary/aromatic N) is 1. The molecule has 2 rings (SSSR count). The lowest BCUT2D eigenvalue weighted by molar-refractivity contribution is 0.0695. The number of hydrogen-bond acceptors (Lipinski definition) is 6. The number of aromatic carboxylic acids is 1. The summed E-state index contributed by atoms with van der Waals surface area (Å²) in [5.74, 6) is -0.578. The van der Waals surface area contributed by atoms with Crippen LogP contribution in [-0.4, -0.2) is 69.6 Å². The van der Waals surface area contributed by atoms with Gasteiger partial charge in [0.1, 0.15) is 0 Å². The maximum Gasteiger partial charge on any atom is 0.335 e. The van der Waals surface area contributed by atoms with E-state index in [2.05, 4.69) is 0 Å². The van der Waals surface area contributed by atoms with Crippen molar-refractivity contribution >= 4 is 27.8 Å². The number of methoxy groups -OCH3 is 1. The molecule has 128 valence electrons. The Kier molecular flexibility index (Phi) is 6.42. The fourth-order valence-corrected chi connectivity index (χ4v) is 4.96. The quantitative estimate of drug-likeness (QED) is 0.575. The average molecular weight is 361 g/mol. The third-order valence-electron chi connectivity index (χ3n) is 3.32. The third kappa shape index (κ3) is 4.45. The lowest BCUT2D eigenvalue weighted by Crippen LogP contribution is -2.40. The normalized spacial score (nSPS) is 16.4. The summed E-state index contributed by atoms with van der Waals surface area (Å²) in [5.41, 5.74) is -0.0482. The minimum atomic E-state index is -3.76. The number of thioether (sulfide) groups is 1. The zero-order chi connectivity index (χ0) is 16.9. The molecule has 0 radical (unpaired) electrons. The Morgan fingerprint density at radius 3 is 2.70 bits per heavy atom. The fraction of sp³-hybridized carbons (Fsp3) is 0.500. The van der Waals surface area contributed by atoms with Crippen LogP contribution in [0.1, 0.15) is 10.4 Å². The first-order valence-electron chi connectivity index (χ1n) is 7.04. The summed E-state index contributed by atoms with van der Waals surface area (Å²) >= 11 is 1.33. The Hall–Kier alpha value is -1.13. The van der Waals surface area contributed by atoms with Gasteiger partial charge in [0.25, 0.3) is 0 Å². The number of sulfonamides is 1. The molecule has 1 N–H and O–H groups in total. The van der Waals surface area contributed by atoms with Gasteiger partial charge in [-0.3, -0.25) is 0 Å². The van der Waals surface area contributed by atoms with Gasteiger partial charge in [0.15, 0.2) is 0 Å². The lowest BCUT2D eigenvalue weighted by Gasteiger charge is -2.27. The molecule has 1 aromatic carbocycles. The van der Waals surface area contributed by atoms with E-state index < -0.39 is 16.0 Å². The predicted molar refractivity (Wildman–Crippen MR) is 85.6 cm³/mol. The predicted octanol–water partition coefficient (Wildman–Crippen LogP) is 1.14. The van der Waals surface area contributed by atoms with Crippen molar-refractivity contribution in [1.82, 2.24) is 4.31 Å². The zero-order valence-corrected chi connectivity index (χ0v) is 14.4. The van der Waals surface area contributed by atoms with Crippen LogP contribution in [0.5, 0.6) is 0 Å². The molecule has 23 heavy (non-hydrogen) atoms. The summed E-state index contributed by atoms with van der Waals surface area (Å²) in [6.45, 7) is 1.68. The van der Waals surface area contributed by atoms with E-state index in [0.717, 1.165) is 0 Å². The maximum absolute atomic E-state index is 12.8. The van der Waals surface area contributed by atoms with Crippen LogP contribution in [0.3, 0.4) is 0 Å². The van der Waals surface area contributed by atoms with Gasteiger partial charge in [-0.15, -0.1) is 11.8 Å². The average Bonchev–Trinajstić information content (AvgIpc) is 2.56. The van der Waals surface area contributed by atoms with Crippen molar-refractivity contribution in [2.75, 3.05) is 45.8 Å². The van der Waals surface area contributed by atoms with Gasteiger partial charge >= 0.3 is 5.97 Å². The third-order valence-corrected chi connectivity index (χ3v) is 6.43. The first-order valence-corrected chi connectivity index (χ1v) is 9.46. The summed E-state index contributed by atoms with van der Waals surface area (Å²) in [6.07, 6.45) is 0. The highest BCUT2D eigenvalue weighted by Gasteiger charge is 2.29. The standard InChI is InChI=1S/C14H19NO6S2/c1-20-8-9-22-12-3-2-11(14(16)17)10-13(12)23(18,19)15-4-6-21-7-5-15/h2-3,10H,4-9H2,1H3,(H,16,17). The number of hydrogen-bond donors (Lipinski definition) is 1. The topological polar surface area (TPSA) is 93.1 Å². The van der Waals surface area contributed by atoms with Crippen molar-refractivity contribution in [1.29, 1.82) is 0 Å². The highest BCUT2D eigenvalue weighted by Crippen LogP contribution is 2.30. The van der Waals surface area contributed by atoms with Crippen molar-refractivity contribution in [2.45, 2.75) is 9.79 Å². The van der Waals surface area contributed by atoms with E-state index in [1.165, 1.54) is 34.3 Å². The molecule has 0 spiro atoms. The van der Waals surface area contributed by atoms with Crippen molar-refractivity contribution in [3.05, 3.63) is 23.8 Å². The molecule has 0 amide bonds. The van der Waals surface area contributed by atoms with Crippen LogP contribution >= 0.6 is 11.8 Å². The summed E-state index contributed by atoms with van der Waals surface area (Å²) in [6, 6.07) is 4.18. The molecule has 1 heterocycles. The molecule has 1 fully saturated rings. The second-order valence-corrected chi connectivity index (χ2v) is 7.87. The molecule has 1 aliphatic heterocycles. The molecule has 7 nitrogen and oxygen atoms in total. The van der Waals surface area contributed by atoms with Crippen LogP contribution in [0.15, 0.2) is 28.0 Å². The second-order valence-electron chi connectivity index (χ2n) is 4.82. The molecule has 1 saturated heterocycles. The molecule has 0 bridgehead atoms. The first kappa shape index (κ1) is 18.2. The number of morpholine rings is 1. The maximum atomic E-state index is 12.8. The highest BCUT2D eigenvalue weighted by molar-refractivity contribution is 8.00. The highest BCUT2D eigenvalue weighted by atomic mass is 32.2. The Balaban J connectivity index is 2.38. The van der Waals surface area contributed by atoms with Crippen molar-refractivity contribution in [3.8, 4) is 0 Å². The van der Waals surface area contributed by atoms with Crippen LogP contribution in [0.2, 0.25) is 0 Å². The van der Waals surface area contributed by atoms with Crippen molar-refractivity contribution in [3.63, 3.8) is 0 Å². The summed E-state index contributed by atoms with van der Waals surface area (Å²) in [5, 5.41) is 9.14. The van der Waals surface area contributed by atoms with Gasteiger partial charge in [-0.05, 0) is 18.2 Å². The van der Waals surface area contributed by atoms with E-state index in [1.54, 1.807) is 7.11 Å². The van der Waals surface area contributed by atoms with Gasteiger partial charge in [0.2, 0.25) is 10.0 Å². The second kappa shape index (κ2) is 8.11. The Labute approximate surface area is 139 Å². The lowest BCUT2D eigenvalue weighted by atomic mass is 10.2. The SMILES string of the molecule is COCCSc1ccc(C(=O)O)cc1S(=O)(=O)N1CCOCC1. The van der Waals surface area contributed by atoms with Crippen molar-refractivity contribution in [2.24, 2.45) is 0 Å². The van der Waals surface area contributed by atoms with Crippen LogP contribution in [0.4, 0.5) is 0 Å². The molecule has 0 unspecified atom stereocenters. The summed E-state index contributed by atoms with van der Waals surface area (Å²) in [7, 11) is -2.19. The molecular formula is C14H19NO6S2. The van der Waals surface area contributed by atoms with E-state index in [0.29, 0.717) is 30.5 Å². The van der Waals surface area contributed by atoms with Gasteiger partial charge in [-0.2, -0.15) is 4.31 Å². The molecule has 9 heteroatoms. The molecule has 1 aromatic rings. The molecule has 0 aliphatic carbocycles. The monoisotopic (exact) mass is 361 g/mol. The van der Waals surface area contributed by atoms with Crippen molar-refractivity contribution < 1.29 is 27.8 Å². The fourth-order valence-electron chi connectivity index (χ4n) is 2.12. The molecule has 0 saturated carbocycles. The van der Waals surface area contributed by atoms with E-state index >= 15 is 0 Å². The Bertz CT molecular complexity index is 655. The molecule has 0 atom stereocenters. The van der Waals surface area contributed by atoms with Crippen LogP contribution in [0, 0.1) is 0 Å². The van der Waals surface area contributed by atoms with Crippen LogP contribution in [-0.2, 0) is 19.5 Å². The van der Waals surface area contributed by atoms with E-state index in [9.17, 15) is 13.2 Å². The molecule has 0 aromatic heterocycles. The van der Waals surface area contributed by atoms with Gasteiger partial charge in [-0.25, -0.2) is 13.2 Å². The number of carboxylic acids is 1. The number of carbonyl (C=O) groups is 1. The largest absolute Gasteiger partial charge is 0.478 e. The van der Waals surface area contributed by atoms with Gasteiger partial charge in [0, 0.05) is 30.8 Å². The minimum Gasteiger partial charge on any atom is -0.478 e. The van der Waals surface area contributed by atoms with Crippen LogP contribution < -0.4 is 0 Å². The number of ether oxygens (including phenoxy) is 2. The number of benzene rings is 1. The smallest absolute Gasteiger partial charge is 0.335 e.